The van der Waals surface area contributed by atoms with Gasteiger partial charge in [-0.15, -0.1) is 11.8 Å². The minimum Gasteiger partial charge on any atom is -0.341 e. The Labute approximate surface area is 249 Å². The summed E-state index contributed by atoms with van der Waals surface area (Å²) in [4.78, 5) is 43.7. The Balaban J connectivity index is 1.33. The lowest BCUT2D eigenvalue weighted by Crippen LogP contribution is -2.56. The smallest absolute Gasteiger partial charge is 0.253 e. The van der Waals surface area contributed by atoms with Crippen molar-refractivity contribution >= 4 is 41.2 Å². The van der Waals surface area contributed by atoms with Crippen molar-refractivity contribution in [3.8, 4) is 0 Å². The highest BCUT2D eigenvalue weighted by Crippen LogP contribution is 2.28. The van der Waals surface area contributed by atoms with Crippen molar-refractivity contribution < 1.29 is 14.4 Å². The third-order valence-corrected chi connectivity index (χ3v) is 10.7. The second-order valence-electron chi connectivity index (χ2n) is 12.0. The van der Waals surface area contributed by atoms with Crippen molar-refractivity contribution in [3.63, 3.8) is 0 Å². The van der Waals surface area contributed by atoms with Crippen LogP contribution >= 0.6 is 23.5 Å². The molecule has 0 spiro atoms. The molecule has 7 nitrogen and oxygen atoms in total. The van der Waals surface area contributed by atoms with Gasteiger partial charge in [0.15, 0.2) is 5.37 Å². The second-order valence-corrected chi connectivity index (χ2v) is 14.2. The first-order valence-electron chi connectivity index (χ1n) is 15.3. The number of hydrogen-bond acceptors (Lipinski definition) is 6. The molecule has 0 radical (unpaired) electrons. The van der Waals surface area contributed by atoms with E-state index in [0.29, 0.717) is 43.8 Å². The molecule has 1 aromatic carbocycles. The Morgan fingerprint density at radius 1 is 1.00 bits per heavy atom. The Hall–Kier alpha value is -1.71. The third-order valence-electron chi connectivity index (χ3n) is 8.24. The van der Waals surface area contributed by atoms with Gasteiger partial charge in [0.1, 0.15) is 6.04 Å². The van der Waals surface area contributed by atoms with E-state index in [1.807, 2.05) is 24.8 Å². The number of amides is 3. The molecule has 0 bridgehead atoms. The predicted octanol–water partition coefficient (Wildman–Crippen LogP) is 4.51. The molecule has 2 saturated heterocycles. The summed E-state index contributed by atoms with van der Waals surface area (Å²) in [5, 5.41) is 6.21. The third kappa shape index (κ3) is 9.41. The zero-order valence-corrected chi connectivity index (χ0v) is 25.9. The number of carbonyl (C=O) groups is 3. The lowest BCUT2D eigenvalue weighted by Gasteiger charge is -2.35. The van der Waals surface area contributed by atoms with Gasteiger partial charge in [0.05, 0.1) is 0 Å². The molecule has 1 aromatic rings. The van der Waals surface area contributed by atoms with Crippen molar-refractivity contribution in [1.82, 2.24) is 20.4 Å². The van der Waals surface area contributed by atoms with E-state index in [2.05, 4.69) is 34.9 Å². The largest absolute Gasteiger partial charge is 0.341 e. The van der Waals surface area contributed by atoms with Crippen LogP contribution in [-0.2, 0) is 20.9 Å². The van der Waals surface area contributed by atoms with E-state index < -0.39 is 11.4 Å². The first-order chi connectivity index (χ1) is 19.4. The lowest BCUT2D eigenvalue weighted by atomic mass is 9.91. The van der Waals surface area contributed by atoms with Gasteiger partial charge in [-0.2, -0.15) is 11.8 Å². The Kier molecular flexibility index (Phi) is 12.5. The first-order valence-corrected chi connectivity index (χ1v) is 17.5. The summed E-state index contributed by atoms with van der Waals surface area (Å²) in [5.74, 6) is 3.20. The van der Waals surface area contributed by atoms with E-state index in [0.717, 1.165) is 30.9 Å². The molecule has 3 aliphatic rings. The first kappa shape index (κ1) is 31.2. The van der Waals surface area contributed by atoms with E-state index in [1.54, 1.807) is 16.7 Å². The maximum absolute atomic E-state index is 13.8. The minimum absolute atomic E-state index is 0.0223. The van der Waals surface area contributed by atoms with Gasteiger partial charge in [-0.25, -0.2) is 0 Å². The SMILES string of the molecule is CC(C)CC(=O)N1CCSC1C(=O)N[C@@H](CSCC1CCCCC1)C(=O)N1CCC(NCc2ccccc2)CC1. The monoisotopic (exact) mass is 588 g/mol. The zero-order chi connectivity index (χ0) is 28.3. The van der Waals surface area contributed by atoms with Gasteiger partial charge in [-0.05, 0) is 48.8 Å². The standard InChI is InChI=1S/C31H48N4O3S2/c1-23(2)19-28(36)35-17-18-40-31(35)29(37)33-27(22-39-21-25-11-7-4-8-12-25)30(38)34-15-13-26(14-16-34)32-20-24-9-5-3-6-10-24/h3,5-6,9-10,23,25-27,31-32H,4,7-8,11-22H2,1-2H3,(H,33,37)/t27-,31?/m0/s1. The molecular weight excluding hydrogens is 541 g/mol. The second kappa shape index (κ2) is 16.1. The number of likely N-dealkylation sites (tertiary alicyclic amines) is 1. The summed E-state index contributed by atoms with van der Waals surface area (Å²) in [7, 11) is 0. The fourth-order valence-corrected chi connectivity index (χ4v) is 8.33. The molecule has 1 saturated carbocycles. The topological polar surface area (TPSA) is 81.8 Å². The van der Waals surface area contributed by atoms with Gasteiger partial charge in [0, 0.05) is 50.1 Å². The van der Waals surface area contributed by atoms with E-state index in [9.17, 15) is 14.4 Å². The average Bonchev–Trinajstić information content (AvgIpc) is 3.47. The van der Waals surface area contributed by atoms with Crippen LogP contribution in [0, 0.1) is 11.8 Å². The number of piperidine rings is 1. The fraction of sp³-hybridized carbons (Fsp3) is 0.710. The van der Waals surface area contributed by atoms with Crippen LogP contribution in [-0.4, -0.2) is 81.9 Å². The van der Waals surface area contributed by atoms with Crippen molar-refractivity contribution in [2.24, 2.45) is 11.8 Å². The number of hydrogen-bond donors (Lipinski definition) is 2. The molecule has 40 heavy (non-hydrogen) atoms. The van der Waals surface area contributed by atoms with Crippen molar-refractivity contribution in [1.29, 1.82) is 0 Å². The van der Waals surface area contributed by atoms with Gasteiger partial charge in [-0.1, -0.05) is 63.4 Å². The molecule has 3 fully saturated rings. The number of nitrogens with one attached hydrogen (secondary N) is 2. The molecule has 4 rings (SSSR count). The summed E-state index contributed by atoms with van der Waals surface area (Å²) in [6.07, 6.45) is 8.74. The maximum atomic E-state index is 13.8. The normalized spacial score (nSPS) is 21.5. The van der Waals surface area contributed by atoms with Crippen molar-refractivity contribution in [2.75, 3.05) is 36.9 Å². The lowest BCUT2D eigenvalue weighted by molar-refractivity contribution is -0.139. The quantitative estimate of drug-likeness (QED) is 0.374. The number of rotatable bonds is 12. The number of thioether (sulfide) groups is 2. The summed E-state index contributed by atoms with van der Waals surface area (Å²) in [6.45, 7) is 6.86. The van der Waals surface area contributed by atoms with Crippen LogP contribution in [0.5, 0.6) is 0 Å². The van der Waals surface area contributed by atoms with Crippen LogP contribution in [0.2, 0.25) is 0 Å². The van der Waals surface area contributed by atoms with Crippen LogP contribution in [0.1, 0.15) is 70.8 Å². The molecule has 2 atom stereocenters. The highest BCUT2D eigenvalue weighted by atomic mass is 32.2. The van der Waals surface area contributed by atoms with Crippen LogP contribution in [0.3, 0.4) is 0 Å². The predicted molar refractivity (Wildman–Crippen MR) is 166 cm³/mol. The zero-order valence-electron chi connectivity index (χ0n) is 24.3. The van der Waals surface area contributed by atoms with Gasteiger partial charge in [0.2, 0.25) is 11.8 Å². The average molecular weight is 589 g/mol. The van der Waals surface area contributed by atoms with Crippen LogP contribution < -0.4 is 10.6 Å². The molecule has 0 aromatic heterocycles. The van der Waals surface area contributed by atoms with Gasteiger partial charge in [0.25, 0.3) is 5.91 Å². The highest BCUT2D eigenvalue weighted by Gasteiger charge is 2.37. The molecule has 3 amide bonds. The van der Waals surface area contributed by atoms with Crippen LogP contribution in [0.15, 0.2) is 30.3 Å². The molecule has 1 unspecified atom stereocenters. The summed E-state index contributed by atoms with van der Waals surface area (Å²) >= 11 is 3.31. The molecule has 9 heteroatoms. The van der Waals surface area contributed by atoms with E-state index in [1.165, 1.54) is 49.4 Å². The fourth-order valence-electron chi connectivity index (χ4n) is 5.92. The Morgan fingerprint density at radius 2 is 1.73 bits per heavy atom. The summed E-state index contributed by atoms with van der Waals surface area (Å²) in [5.41, 5.74) is 1.27. The molecule has 2 N–H and O–H groups in total. The molecule has 2 aliphatic heterocycles. The minimum atomic E-state index is -0.557. The van der Waals surface area contributed by atoms with E-state index in [-0.39, 0.29) is 23.6 Å². The number of carbonyl (C=O) groups excluding carboxylic acids is 3. The van der Waals surface area contributed by atoms with Gasteiger partial charge >= 0.3 is 0 Å². The maximum Gasteiger partial charge on any atom is 0.253 e. The summed E-state index contributed by atoms with van der Waals surface area (Å²) < 4.78 is 0. The molecular formula is C31H48N4O3S2. The Morgan fingerprint density at radius 3 is 2.42 bits per heavy atom. The van der Waals surface area contributed by atoms with Crippen LogP contribution in [0.25, 0.3) is 0 Å². The molecule has 222 valence electrons. The van der Waals surface area contributed by atoms with Gasteiger partial charge < -0.3 is 20.4 Å². The molecule has 2 heterocycles. The Bertz CT molecular complexity index is 949. The highest BCUT2D eigenvalue weighted by molar-refractivity contribution is 8.00. The number of benzene rings is 1. The van der Waals surface area contributed by atoms with E-state index in [4.69, 9.17) is 0 Å². The van der Waals surface area contributed by atoms with E-state index >= 15 is 0 Å². The van der Waals surface area contributed by atoms with Crippen molar-refractivity contribution in [3.05, 3.63) is 35.9 Å². The molecule has 1 aliphatic carbocycles. The number of nitrogens with zero attached hydrogens (tertiary/aromatic N) is 2. The van der Waals surface area contributed by atoms with Crippen LogP contribution in [0.4, 0.5) is 0 Å². The van der Waals surface area contributed by atoms with Crippen molar-refractivity contribution in [2.45, 2.75) is 89.2 Å². The van der Waals surface area contributed by atoms with Gasteiger partial charge in [-0.3, -0.25) is 14.4 Å². The summed E-state index contributed by atoms with van der Waals surface area (Å²) in [6, 6.07) is 10.2.